The SMILES string of the molecule is Cc1nc(N)c(N2CCNCC2)c(N2CCCCC2)n1. The predicted octanol–water partition coefficient (Wildman–Crippen LogP) is 0.767. The number of aromatic nitrogens is 2. The Hall–Kier alpha value is -1.56. The highest BCUT2D eigenvalue weighted by atomic mass is 15.3. The zero-order valence-electron chi connectivity index (χ0n) is 12.2. The molecule has 0 aliphatic carbocycles. The lowest BCUT2D eigenvalue weighted by Gasteiger charge is -2.35. The van der Waals surface area contributed by atoms with Gasteiger partial charge in [0.1, 0.15) is 11.5 Å². The van der Waals surface area contributed by atoms with E-state index in [-0.39, 0.29) is 0 Å². The number of nitrogen functional groups attached to an aromatic ring is 1. The fourth-order valence-corrected chi connectivity index (χ4v) is 3.09. The summed E-state index contributed by atoms with van der Waals surface area (Å²) in [6.45, 7) is 8.00. The van der Waals surface area contributed by atoms with E-state index in [1.54, 1.807) is 0 Å². The van der Waals surface area contributed by atoms with Crippen LogP contribution in [0.1, 0.15) is 25.1 Å². The van der Waals surface area contributed by atoms with Crippen LogP contribution >= 0.6 is 0 Å². The largest absolute Gasteiger partial charge is 0.382 e. The zero-order valence-corrected chi connectivity index (χ0v) is 12.2. The molecule has 2 fully saturated rings. The molecular weight excluding hydrogens is 252 g/mol. The predicted molar refractivity (Wildman–Crippen MR) is 82.3 cm³/mol. The molecule has 2 saturated heterocycles. The van der Waals surface area contributed by atoms with Crippen molar-refractivity contribution in [3.8, 4) is 0 Å². The van der Waals surface area contributed by atoms with Gasteiger partial charge >= 0.3 is 0 Å². The van der Waals surface area contributed by atoms with E-state index in [1.807, 2.05) is 6.92 Å². The van der Waals surface area contributed by atoms with Crippen molar-refractivity contribution < 1.29 is 0 Å². The summed E-state index contributed by atoms with van der Waals surface area (Å²) in [4.78, 5) is 13.8. The minimum absolute atomic E-state index is 0.625. The quantitative estimate of drug-likeness (QED) is 0.831. The molecule has 0 aromatic carbocycles. The number of hydrogen-bond acceptors (Lipinski definition) is 6. The normalized spacial score (nSPS) is 20.2. The molecular formula is C14H24N6. The minimum atomic E-state index is 0.625. The number of hydrogen-bond donors (Lipinski definition) is 2. The van der Waals surface area contributed by atoms with E-state index in [4.69, 9.17) is 10.7 Å². The first kappa shape index (κ1) is 13.4. The van der Waals surface area contributed by atoms with Crippen molar-refractivity contribution in [3.05, 3.63) is 5.82 Å². The van der Waals surface area contributed by atoms with E-state index in [1.165, 1.54) is 19.3 Å². The van der Waals surface area contributed by atoms with Crippen LogP contribution in [0.5, 0.6) is 0 Å². The number of anilines is 3. The molecule has 110 valence electrons. The number of nitrogens with two attached hydrogens (primary N) is 1. The van der Waals surface area contributed by atoms with E-state index in [0.29, 0.717) is 5.82 Å². The summed E-state index contributed by atoms with van der Waals surface area (Å²) in [7, 11) is 0. The fraction of sp³-hybridized carbons (Fsp3) is 0.714. The molecule has 6 heteroatoms. The third kappa shape index (κ3) is 2.65. The molecule has 0 amide bonds. The first-order valence-corrected chi connectivity index (χ1v) is 7.60. The summed E-state index contributed by atoms with van der Waals surface area (Å²) in [6, 6.07) is 0. The van der Waals surface area contributed by atoms with Gasteiger partial charge in [-0.25, -0.2) is 9.97 Å². The van der Waals surface area contributed by atoms with Gasteiger partial charge in [-0.1, -0.05) is 0 Å². The highest BCUT2D eigenvalue weighted by Gasteiger charge is 2.24. The maximum absolute atomic E-state index is 6.22. The summed E-state index contributed by atoms with van der Waals surface area (Å²) in [5.41, 5.74) is 7.26. The fourth-order valence-electron chi connectivity index (χ4n) is 3.09. The van der Waals surface area contributed by atoms with Gasteiger partial charge in [0.05, 0.1) is 0 Å². The molecule has 3 heterocycles. The molecule has 3 N–H and O–H groups in total. The molecule has 1 aromatic rings. The summed E-state index contributed by atoms with van der Waals surface area (Å²) in [5.74, 6) is 2.43. The van der Waals surface area contributed by atoms with E-state index >= 15 is 0 Å². The van der Waals surface area contributed by atoms with Crippen LogP contribution < -0.4 is 20.9 Å². The summed E-state index contributed by atoms with van der Waals surface area (Å²) < 4.78 is 0. The monoisotopic (exact) mass is 276 g/mol. The van der Waals surface area contributed by atoms with Crippen LogP contribution in [0.4, 0.5) is 17.3 Å². The summed E-state index contributed by atoms with van der Waals surface area (Å²) in [5, 5.41) is 3.38. The van der Waals surface area contributed by atoms with E-state index in [9.17, 15) is 0 Å². The molecule has 0 bridgehead atoms. The van der Waals surface area contributed by atoms with Gasteiger partial charge in [0.15, 0.2) is 11.6 Å². The summed E-state index contributed by atoms with van der Waals surface area (Å²) >= 11 is 0. The molecule has 0 spiro atoms. The van der Waals surface area contributed by atoms with E-state index in [0.717, 1.165) is 56.6 Å². The van der Waals surface area contributed by atoms with Crippen LogP contribution in [0.2, 0.25) is 0 Å². The Labute approximate surface area is 120 Å². The van der Waals surface area contributed by atoms with Crippen LogP contribution in [-0.4, -0.2) is 49.2 Å². The molecule has 20 heavy (non-hydrogen) atoms. The highest BCUT2D eigenvalue weighted by molar-refractivity contribution is 5.78. The number of aryl methyl sites for hydroxylation is 1. The molecule has 0 atom stereocenters. The van der Waals surface area contributed by atoms with Gasteiger partial charge < -0.3 is 20.9 Å². The second-order valence-corrected chi connectivity index (χ2v) is 5.61. The molecule has 1 aromatic heterocycles. The Kier molecular flexibility index (Phi) is 3.91. The maximum Gasteiger partial charge on any atom is 0.158 e. The number of nitrogens with one attached hydrogen (secondary N) is 1. The van der Waals surface area contributed by atoms with Crippen molar-refractivity contribution in [2.75, 3.05) is 54.8 Å². The number of rotatable bonds is 2. The Bertz CT molecular complexity index is 463. The topological polar surface area (TPSA) is 70.3 Å². The summed E-state index contributed by atoms with van der Waals surface area (Å²) in [6.07, 6.45) is 3.80. The van der Waals surface area contributed by atoms with Gasteiger partial charge in [-0.2, -0.15) is 0 Å². The third-order valence-corrected chi connectivity index (χ3v) is 4.09. The molecule has 2 aliphatic rings. The van der Waals surface area contributed by atoms with E-state index in [2.05, 4.69) is 20.1 Å². The van der Waals surface area contributed by atoms with Crippen molar-refractivity contribution in [1.82, 2.24) is 15.3 Å². The van der Waals surface area contributed by atoms with Gasteiger partial charge in [-0.15, -0.1) is 0 Å². The minimum Gasteiger partial charge on any atom is -0.382 e. The number of piperidine rings is 1. The Morgan fingerprint density at radius 1 is 0.950 bits per heavy atom. The zero-order chi connectivity index (χ0) is 13.9. The van der Waals surface area contributed by atoms with Crippen LogP contribution in [-0.2, 0) is 0 Å². The van der Waals surface area contributed by atoms with Gasteiger partial charge in [0, 0.05) is 39.3 Å². The number of piperazine rings is 1. The van der Waals surface area contributed by atoms with Crippen LogP contribution in [0.3, 0.4) is 0 Å². The average Bonchev–Trinajstić information content (AvgIpc) is 2.48. The first-order chi connectivity index (χ1) is 9.75. The maximum atomic E-state index is 6.22. The highest BCUT2D eigenvalue weighted by Crippen LogP contribution is 2.34. The Morgan fingerprint density at radius 2 is 1.65 bits per heavy atom. The standard InChI is InChI=1S/C14H24N6/c1-11-17-13(15)12(19-9-5-16-6-10-19)14(18-11)20-7-3-2-4-8-20/h16H,2-10H2,1H3,(H2,15,17,18). The van der Waals surface area contributed by atoms with Gasteiger partial charge in [-0.3, -0.25) is 0 Å². The van der Waals surface area contributed by atoms with Crippen molar-refractivity contribution >= 4 is 17.3 Å². The lowest BCUT2D eigenvalue weighted by Crippen LogP contribution is -2.45. The molecule has 0 unspecified atom stereocenters. The van der Waals surface area contributed by atoms with Gasteiger partial charge in [0.2, 0.25) is 0 Å². The average molecular weight is 276 g/mol. The van der Waals surface area contributed by atoms with Crippen molar-refractivity contribution in [3.63, 3.8) is 0 Å². The second kappa shape index (κ2) is 5.83. The molecule has 6 nitrogen and oxygen atoms in total. The smallest absolute Gasteiger partial charge is 0.158 e. The third-order valence-electron chi connectivity index (χ3n) is 4.09. The van der Waals surface area contributed by atoms with Crippen LogP contribution in [0, 0.1) is 6.92 Å². The molecule has 3 rings (SSSR count). The first-order valence-electron chi connectivity index (χ1n) is 7.60. The van der Waals surface area contributed by atoms with Gasteiger partial charge in [-0.05, 0) is 26.2 Å². The Morgan fingerprint density at radius 3 is 2.35 bits per heavy atom. The second-order valence-electron chi connectivity index (χ2n) is 5.61. The Balaban J connectivity index is 1.97. The van der Waals surface area contributed by atoms with E-state index < -0.39 is 0 Å². The lowest BCUT2D eigenvalue weighted by atomic mass is 10.1. The molecule has 0 radical (unpaired) electrons. The number of nitrogens with zero attached hydrogens (tertiary/aromatic N) is 4. The molecule has 0 saturated carbocycles. The molecule has 2 aliphatic heterocycles. The van der Waals surface area contributed by atoms with Crippen molar-refractivity contribution in [2.45, 2.75) is 26.2 Å². The van der Waals surface area contributed by atoms with Gasteiger partial charge in [0.25, 0.3) is 0 Å². The van der Waals surface area contributed by atoms with Crippen LogP contribution in [0.25, 0.3) is 0 Å². The van der Waals surface area contributed by atoms with Crippen molar-refractivity contribution in [2.24, 2.45) is 0 Å². The van der Waals surface area contributed by atoms with Crippen molar-refractivity contribution in [1.29, 1.82) is 0 Å². The lowest BCUT2D eigenvalue weighted by molar-refractivity contribution is 0.565. The van der Waals surface area contributed by atoms with Crippen LogP contribution in [0.15, 0.2) is 0 Å².